The van der Waals surface area contributed by atoms with Crippen molar-refractivity contribution in [3.8, 4) is 11.5 Å². The van der Waals surface area contributed by atoms with Crippen LogP contribution in [0.25, 0.3) is 0 Å². The van der Waals surface area contributed by atoms with Crippen molar-refractivity contribution < 1.29 is 9.47 Å². The van der Waals surface area contributed by atoms with Gasteiger partial charge in [-0.25, -0.2) is 4.99 Å². The van der Waals surface area contributed by atoms with Crippen molar-refractivity contribution in [1.29, 1.82) is 0 Å². The summed E-state index contributed by atoms with van der Waals surface area (Å²) in [6, 6.07) is 35.9. The van der Waals surface area contributed by atoms with Gasteiger partial charge in [0.2, 0.25) is 0 Å². The largest absolute Gasteiger partial charge is 0.496 e. The zero-order valence-corrected chi connectivity index (χ0v) is 23.5. The fourth-order valence-corrected chi connectivity index (χ4v) is 3.77. The van der Waals surface area contributed by atoms with Crippen LogP contribution in [-0.4, -0.2) is 24.2 Å². The molecule has 0 aliphatic carbocycles. The maximum atomic E-state index is 5.51. The molecule has 6 heteroatoms. The minimum absolute atomic E-state index is 0.643. The van der Waals surface area contributed by atoms with Gasteiger partial charge in [0, 0.05) is 6.42 Å². The summed E-state index contributed by atoms with van der Waals surface area (Å²) in [5.41, 5.74) is 9.86. The number of aliphatic imine (C=N–C) groups is 1. The number of hydrogen-bond acceptors (Lipinski definition) is 6. The Balaban J connectivity index is 0.000000224. The second-order valence-electron chi connectivity index (χ2n) is 8.15. The number of rotatable bonds is 9. The van der Waals surface area contributed by atoms with Gasteiger partial charge < -0.3 is 15.2 Å². The van der Waals surface area contributed by atoms with Gasteiger partial charge in [-0.1, -0.05) is 103 Å². The second-order valence-corrected chi connectivity index (χ2v) is 8.91. The number of isothiocyanates is 1. The Morgan fingerprint density at radius 1 is 0.737 bits per heavy atom. The van der Waals surface area contributed by atoms with Gasteiger partial charge in [0.25, 0.3) is 0 Å². The molecule has 0 radical (unpaired) electrons. The molecular formula is C32H34N2O2S2. The summed E-state index contributed by atoms with van der Waals surface area (Å²) in [5.74, 6) is 1.65. The van der Waals surface area contributed by atoms with Gasteiger partial charge in [0.1, 0.15) is 11.5 Å². The number of nitrogens with two attached hydrogens (primary N) is 1. The maximum Gasteiger partial charge on any atom is 0.141 e. The van der Waals surface area contributed by atoms with Gasteiger partial charge in [-0.2, -0.15) is 0 Å². The van der Waals surface area contributed by atoms with E-state index in [4.69, 9.17) is 27.4 Å². The molecule has 4 nitrogen and oxygen atoms in total. The van der Waals surface area contributed by atoms with Crippen LogP contribution in [0.3, 0.4) is 0 Å². The monoisotopic (exact) mass is 542 g/mol. The molecule has 0 aliphatic rings. The first-order chi connectivity index (χ1) is 18.6. The van der Waals surface area contributed by atoms with Gasteiger partial charge in [-0.05, 0) is 64.8 Å². The SMILES string of the molecule is COc1ccccc1CC(=S)CCc1ccccc1.COc1ccccc1N.S=C=NCc1ccccc1. The molecule has 38 heavy (non-hydrogen) atoms. The summed E-state index contributed by atoms with van der Waals surface area (Å²) in [5, 5.41) is 2.32. The third kappa shape index (κ3) is 11.9. The molecule has 4 aromatic rings. The highest BCUT2D eigenvalue weighted by molar-refractivity contribution is 7.80. The quantitative estimate of drug-likeness (QED) is 0.133. The molecule has 0 saturated carbocycles. The van der Waals surface area contributed by atoms with Crippen molar-refractivity contribution in [2.75, 3.05) is 20.0 Å². The standard InChI is InChI=1S/C17H18OS.C8H7NS.C7H9NO/c1-18-17-10-6-5-9-15(17)13-16(19)12-11-14-7-3-2-4-8-14;10-7-9-6-8-4-2-1-3-5-8;1-9-7-5-3-2-4-6(7)8/h2-10H,11-13H2,1H3;1-5H,6H2;2-5H,8H2,1H3. The van der Waals surface area contributed by atoms with Crippen LogP contribution in [0.2, 0.25) is 0 Å². The smallest absolute Gasteiger partial charge is 0.141 e. The average Bonchev–Trinajstić information content (AvgIpc) is 2.97. The Morgan fingerprint density at radius 3 is 1.82 bits per heavy atom. The molecule has 0 fully saturated rings. The summed E-state index contributed by atoms with van der Waals surface area (Å²) in [6.45, 7) is 0.643. The van der Waals surface area contributed by atoms with Crippen LogP contribution in [-0.2, 0) is 19.4 Å². The van der Waals surface area contributed by atoms with Gasteiger partial charge in [-0.15, -0.1) is 0 Å². The molecule has 0 aliphatic heterocycles. The van der Waals surface area contributed by atoms with Crippen molar-refractivity contribution in [2.24, 2.45) is 4.99 Å². The van der Waals surface area contributed by atoms with E-state index in [9.17, 15) is 0 Å². The molecule has 0 spiro atoms. The highest BCUT2D eigenvalue weighted by atomic mass is 32.1. The maximum absolute atomic E-state index is 5.51. The van der Waals surface area contributed by atoms with Crippen molar-refractivity contribution in [2.45, 2.75) is 25.8 Å². The summed E-state index contributed by atoms with van der Waals surface area (Å²) in [6.07, 6.45) is 2.76. The first-order valence-corrected chi connectivity index (χ1v) is 13.0. The van der Waals surface area contributed by atoms with Crippen LogP contribution < -0.4 is 15.2 Å². The fourth-order valence-electron chi connectivity index (χ4n) is 3.45. The van der Waals surface area contributed by atoms with E-state index in [1.807, 2.05) is 72.8 Å². The number of para-hydroxylation sites is 3. The lowest BCUT2D eigenvalue weighted by Crippen LogP contribution is -2.03. The predicted molar refractivity (Wildman–Crippen MR) is 167 cm³/mol. The molecule has 0 heterocycles. The summed E-state index contributed by atoms with van der Waals surface area (Å²) in [4.78, 5) is 4.88. The van der Waals surface area contributed by atoms with Crippen LogP contribution in [0.5, 0.6) is 11.5 Å². The second kappa shape index (κ2) is 18.4. The van der Waals surface area contributed by atoms with E-state index in [-0.39, 0.29) is 0 Å². The van der Waals surface area contributed by atoms with E-state index in [0.29, 0.717) is 12.2 Å². The van der Waals surface area contributed by atoms with Crippen LogP contribution in [0, 0.1) is 0 Å². The van der Waals surface area contributed by atoms with Gasteiger partial charge in [0.15, 0.2) is 0 Å². The third-order valence-electron chi connectivity index (χ3n) is 5.42. The van der Waals surface area contributed by atoms with Crippen molar-refractivity contribution >= 4 is 40.1 Å². The zero-order valence-electron chi connectivity index (χ0n) is 21.9. The summed E-state index contributed by atoms with van der Waals surface area (Å²) < 4.78 is 10.3. The van der Waals surface area contributed by atoms with E-state index in [0.717, 1.165) is 35.6 Å². The normalized spacial score (nSPS) is 9.42. The molecule has 196 valence electrons. The molecule has 0 amide bonds. The van der Waals surface area contributed by atoms with Crippen molar-refractivity contribution in [1.82, 2.24) is 0 Å². The molecule has 0 unspecified atom stereocenters. The number of nitrogens with zero attached hydrogens (tertiary/aromatic N) is 1. The Morgan fingerprint density at radius 2 is 1.26 bits per heavy atom. The zero-order chi connectivity index (χ0) is 27.4. The molecule has 0 aromatic heterocycles. The Hall–Kier alpha value is -3.83. The Kier molecular flexibility index (Phi) is 14.7. The van der Waals surface area contributed by atoms with Crippen molar-refractivity contribution in [3.05, 3.63) is 126 Å². The van der Waals surface area contributed by atoms with Crippen LogP contribution in [0.1, 0.15) is 23.1 Å². The number of ether oxygens (including phenoxy) is 2. The number of aryl methyl sites for hydroxylation is 1. The Labute approximate surface area is 237 Å². The van der Waals surface area contributed by atoms with E-state index < -0.39 is 0 Å². The number of thiocarbonyl (C=S) groups is 2. The number of methoxy groups -OCH3 is 2. The van der Waals surface area contributed by atoms with Gasteiger partial charge in [-0.3, -0.25) is 0 Å². The highest BCUT2D eigenvalue weighted by Gasteiger charge is 2.05. The fraction of sp³-hybridized carbons (Fsp3) is 0.188. The average molecular weight is 543 g/mol. The molecule has 0 atom stereocenters. The highest BCUT2D eigenvalue weighted by Crippen LogP contribution is 2.19. The number of benzene rings is 4. The van der Waals surface area contributed by atoms with E-state index in [1.165, 1.54) is 16.7 Å². The van der Waals surface area contributed by atoms with E-state index in [2.05, 4.69) is 52.7 Å². The predicted octanol–water partition coefficient (Wildman–Crippen LogP) is 7.81. The number of nitrogen functional groups attached to an aromatic ring is 1. The lowest BCUT2D eigenvalue weighted by atomic mass is 10.0. The van der Waals surface area contributed by atoms with Crippen LogP contribution in [0.15, 0.2) is 114 Å². The topological polar surface area (TPSA) is 56.8 Å². The lowest BCUT2D eigenvalue weighted by molar-refractivity contribution is 0.411. The number of hydrogen-bond donors (Lipinski definition) is 1. The van der Waals surface area contributed by atoms with E-state index in [1.54, 1.807) is 20.3 Å². The first-order valence-electron chi connectivity index (χ1n) is 12.2. The third-order valence-corrected chi connectivity index (χ3v) is 5.90. The van der Waals surface area contributed by atoms with Crippen molar-refractivity contribution in [3.63, 3.8) is 0 Å². The van der Waals surface area contributed by atoms with Crippen LogP contribution >= 0.6 is 24.4 Å². The summed E-state index contributed by atoms with van der Waals surface area (Å²) in [7, 11) is 3.30. The molecule has 0 saturated heterocycles. The first kappa shape index (κ1) is 30.4. The summed E-state index contributed by atoms with van der Waals surface area (Å²) >= 11 is 9.92. The minimum Gasteiger partial charge on any atom is -0.496 e. The Bertz CT molecular complexity index is 1270. The van der Waals surface area contributed by atoms with Gasteiger partial charge in [0.05, 0.1) is 31.6 Å². The molecule has 4 aromatic carbocycles. The number of anilines is 1. The molecular weight excluding hydrogens is 508 g/mol. The minimum atomic E-state index is 0.643. The molecule has 0 bridgehead atoms. The van der Waals surface area contributed by atoms with Crippen LogP contribution in [0.4, 0.5) is 5.69 Å². The van der Waals surface area contributed by atoms with E-state index >= 15 is 0 Å². The lowest BCUT2D eigenvalue weighted by Gasteiger charge is -2.09. The van der Waals surface area contributed by atoms with Gasteiger partial charge >= 0.3 is 0 Å². The molecule has 4 rings (SSSR count). The molecule has 2 N–H and O–H groups in total.